The highest BCUT2D eigenvalue weighted by molar-refractivity contribution is 8.01. The number of rotatable bonds is 6. The van der Waals surface area contributed by atoms with Crippen LogP contribution >= 0.6 is 23.4 Å². The van der Waals surface area contributed by atoms with Gasteiger partial charge in [0.25, 0.3) is 0 Å². The van der Waals surface area contributed by atoms with Crippen LogP contribution in [-0.2, 0) is 19.1 Å². The number of carbonyl (C=O) groups is 2. The van der Waals surface area contributed by atoms with Gasteiger partial charge in [0.15, 0.2) is 0 Å². The summed E-state index contributed by atoms with van der Waals surface area (Å²) in [5.41, 5.74) is 0.706. The first-order valence-corrected chi connectivity index (χ1v) is 11.3. The number of ether oxygens (including phenoxy) is 2. The molecule has 1 aromatic carbocycles. The first kappa shape index (κ1) is 20.9. The first-order chi connectivity index (χ1) is 14.1. The molecule has 1 aromatic rings. The minimum absolute atomic E-state index is 0.104. The van der Waals surface area contributed by atoms with Gasteiger partial charge in [-0.15, -0.1) is 11.8 Å². The van der Waals surface area contributed by atoms with E-state index in [-0.39, 0.29) is 24.3 Å². The molecule has 2 N–H and O–H groups in total. The summed E-state index contributed by atoms with van der Waals surface area (Å²) in [5.74, 6) is 0.151. The van der Waals surface area contributed by atoms with E-state index >= 15 is 0 Å². The van der Waals surface area contributed by atoms with Gasteiger partial charge in [-0.3, -0.25) is 14.5 Å². The van der Waals surface area contributed by atoms with Crippen molar-refractivity contribution in [2.45, 2.75) is 29.0 Å². The number of halogens is 1. The quantitative estimate of drug-likeness (QED) is 0.705. The maximum absolute atomic E-state index is 12.6. The summed E-state index contributed by atoms with van der Waals surface area (Å²) < 4.78 is 11.0. The number of nitrogens with zero attached hydrogens (tertiary/aromatic N) is 1. The lowest BCUT2D eigenvalue weighted by molar-refractivity contribution is -0.124. The Labute approximate surface area is 179 Å². The molecular weight excluding hydrogens is 414 g/mol. The number of nitrogens with one attached hydrogen (secondary N) is 2. The number of anilines is 1. The molecule has 0 aromatic heterocycles. The fourth-order valence-electron chi connectivity index (χ4n) is 4.08. The van der Waals surface area contributed by atoms with Gasteiger partial charge in [-0.2, -0.15) is 0 Å². The average molecular weight is 440 g/mol. The summed E-state index contributed by atoms with van der Waals surface area (Å²) in [6.07, 6.45) is 1.16. The number of morpholine rings is 1. The van der Waals surface area contributed by atoms with Crippen molar-refractivity contribution in [3.63, 3.8) is 0 Å². The van der Waals surface area contributed by atoms with Gasteiger partial charge in [0, 0.05) is 54.5 Å². The highest BCUT2D eigenvalue weighted by Gasteiger charge is 2.33. The Morgan fingerprint density at radius 3 is 2.90 bits per heavy atom. The predicted molar refractivity (Wildman–Crippen MR) is 112 cm³/mol. The molecule has 3 aliphatic heterocycles. The van der Waals surface area contributed by atoms with Gasteiger partial charge in [0.05, 0.1) is 30.8 Å². The lowest BCUT2D eigenvalue weighted by Gasteiger charge is -2.37. The number of hydrogen-bond donors (Lipinski definition) is 2. The van der Waals surface area contributed by atoms with Crippen LogP contribution in [0.2, 0.25) is 5.02 Å². The topological polar surface area (TPSA) is 79.9 Å². The van der Waals surface area contributed by atoms with Crippen molar-refractivity contribution in [3.05, 3.63) is 23.2 Å². The number of thioether (sulfide) groups is 1. The standard InChI is InChI=1S/C20H26ClN3O4S/c21-14-1-2-17-15(9-14)23-20(26)18(29-17)10-19(25)22-11-16(13-3-6-28-12-13)24-4-7-27-8-5-24/h1-2,9,13,16,18H,3-8,10-12H2,(H,22,25)(H,23,26). The van der Waals surface area contributed by atoms with E-state index in [9.17, 15) is 9.59 Å². The monoisotopic (exact) mass is 439 g/mol. The third-order valence-corrected chi connectivity index (χ3v) is 7.17. The van der Waals surface area contributed by atoms with Gasteiger partial charge in [-0.1, -0.05) is 11.6 Å². The Hall–Kier alpha value is -1.32. The molecule has 0 aliphatic carbocycles. The van der Waals surface area contributed by atoms with Crippen LogP contribution in [0.15, 0.2) is 23.1 Å². The molecule has 2 saturated heterocycles. The summed E-state index contributed by atoms with van der Waals surface area (Å²) in [7, 11) is 0. The highest BCUT2D eigenvalue weighted by atomic mass is 35.5. The van der Waals surface area contributed by atoms with Gasteiger partial charge in [0.1, 0.15) is 0 Å². The second kappa shape index (κ2) is 9.66. The minimum atomic E-state index is -0.444. The molecule has 4 rings (SSSR count). The first-order valence-electron chi connectivity index (χ1n) is 10.0. The maximum atomic E-state index is 12.6. The molecule has 0 saturated carbocycles. The van der Waals surface area contributed by atoms with E-state index in [1.807, 2.05) is 6.07 Å². The second-order valence-corrected chi connectivity index (χ2v) is 9.26. The van der Waals surface area contributed by atoms with Crippen LogP contribution in [-0.4, -0.2) is 74.1 Å². The van der Waals surface area contributed by atoms with Crippen molar-refractivity contribution in [3.8, 4) is 0 Å². The van der Waals surface area contributed by atoms with E-state index in [1.165, 1.54) is 11.8 Å². The van der Waals surface area contributed by atoms with Crippen LogP contribution in [0.25, 0.3) is 0 Å². The molecule has 158 valence electrons. The van der Waals surface area contributed by atoms with E-state index in [0.717, 1.165) is 50.8 Å². The van der Waals surface area contributed by atoms with Gasteiger partial charge in [-0.05, 0) is 24.6 Å². The lowest BCUT2D eigenvalue weighted by atomic mass is 9.96. The van der Waals surface area contributed by atoms with Gasteiger partial charge in [0.2, 0.25) is 11.8 Å². The number of benzene rings is 1. The molecule has 0 bridgehead atoms. The van der Waals surface area contributed by atoms with Crippen LogP contribution in [0.3, 0.4) is 0 Å². The van der Waals surface area contributed by atoms with E-state index in [1.54, 1.807) is 12.1 Å². The van der Waals surface area contributed by atoms with Crippen molar-refractivity contribution in [2.24, 2.45) is 5.92 Å². The molecule has 3 aliphatic rings. The lowest BCUT2D eigenvalue weighted by Crippen LogP contribution is -2.52. The molecule has 0 radical (unpaired) electrons. The molecule has 3 heterocycles. The third kappa shape index (κ3) is 5.24. The summed E-state index contributed by atoms with van der Waals surface area (Å²) in [4.78, 5) is 28.4. The Morgan fingerprint density at radius 2 is 2.14 bits per heavy atom. The SMILES string of the molecule is O=C(CC1Sc2ccc(Cl)cc2NC1=O)NCC(C1CCOC1)N1CCOCC1. The van der Waals surface area contributed by atoms with Crippen molar-refractivity contribution in [1.29, 1.82) is 0 Å². The minimum Gasteiger partial charge on any atom is -0.381 e. The molecule has 2 amide bonds. The molecule has 9 heteroatoms. The number of carbonyl (C=O) groups excluding carboxylic acids is 2. The molecule has 2 fully saturated rings. The summed E-state index contributed by atoms with van der Waals surface area (Å²) >= 11 is 7.40. The molecule has 3 atom stereocenters. The molecule has 3 unspecified atom stereocenters. The zero-order valence-corrected chi connectivity index (χ0v) is 17.8. The molecular formula is C20H26ClN3O4S. The Balaban J connectivity index is 1.33. The van der Waals surface area contributed by atoms with Crippen LogP contribution in [0.4, 0.5) is 5.69 Å². The summed E-state index contributed by atoms with van der Waals surface area (Å²) in [6.45, 7) is 5.27. The number of hydrogen-bond acceptors (Lipinski definition) is 6. The van der Waals surface area contributed by atoms with Crippen LogP contribution < -0.4 is 10.6 Å². The Kier molecular flexibility index (Phi) is 6.97. The third-order valence-electron chi connectivity index (χ3n) is 5.66. The normalized spacial score (nSPS) is 25.9. The van der Waals surface area contributed by atoms with Gasteiger partial charge >= 0.3 is 0 Å². The van der Waals surface area contributed by atoms with Crippen molar-refractivity contribution in [2.75, 3.05) is 51.4 Å². The zero-order valence-electron chi connectivity index (χ0n) is 16.2. The van der Waals surface area contributed by atoms with Crippen LogP contribution in [0.1, 0.15) is 12.8 Å². The van der Waals surface area contributed by atoms with Crippen molar-refractivity contribution >= 4 is 40.9 Å². The Bertz CT molecular complexity index is 753. The van der Waals surface area contributed by atoms with E-state index in [2.05, 4.69) is 15.5 Å². The number of fused-ring (bicyclic) bond motifs is 1. The summed E-state index contributed by atoms with van der Waals surface area (Å²) in [6, 6.07) is 5.63. The van der Waals surface area contributed by atoms with E-state index in [4.69, 9.17) is 21.1 Å². The fraction of sp³-hybridized carbons (Fsp3) is 0.600. The van der Waals surface area contributed by atoms with Crippen molar-refractivity contribution < 1.29 is 19.1 Å². The van der Waals surface area contributed by atoms with E-state index < -0.39 is 5.25 Å². The fourth-order valence-corrected chi connectivity index (χ4v) is 5.34. The van der Waals surface area contributed by atoms with Gasteiger partial charge in [-0.25, -0.2) is 0 Å². The number of amides is 2. The van der Waals surface area contributed by atoms with Crippen molar-refractivity contribution in [1.82, 2.24) is 10.2 Å². The smallest absolute Gasteiger partial charge is 0.238 e. The Morgan fingerprint density at radius 1 is 1.31 bits per heavy atom. The predicted octanol–water partition coefficient (Wildman–Crippen LogP) is 2.00. The zero-order chi connectivity index (χ0) is 20.2. The van der Waals surface area contributed by atoms with Crippen LogP contribution in [0, 0.1) is 5.92 Å². The van der Waals surface area contributed by atoms with E-state index in [0.29, 0.717) is 23.2 Å². The second-order valence-electron chi connectivity index (χ2n) is 7.58. The summed E-state index contributed by atoms with van der Waals surface area (Å²) in [5, 5.41) is 6.05. The molecule has 29 heavy (non-hydrogen) atoms. The average Bonchev–Trinajstić information content (AvgIpc) is 3.24. The largest absolute Gasteiger partial charge is 0.381 e. The van der Waals surface area contributed by atoms with Crippen LogP contribution in [0.5, 0.6) is 0 Å². The molecule has 0 spiro atoms. The molecule has 7 nitrogen and oxygen atoms in total. The van der Waals surface area contributed by atoms with Gasteiger partial charge < -0.3 is 20.1 Å². The highest BCUT2D eigenvalue weighted by Crippen LogP contribution is 2.38. The maximum Gasteiger partial charge on any atom is 0.238 e.